The van der Waals surface area contributed by atoms with Crippen LogP contribution >= 0.6 is 0 Å². The third-order valence-electron chi connectivity index (χ3n) is 3.29. The van der Waals surface area contributed by atoms with Gasteiger partial charge in [0.15, 0.2) is 0 Å². The van der Waals surface area contributed by atoms with Gasteiger partial charge in [-0.15, -0.1) is 0 Å². The number of imide groups is 1. The number of aliphatic carboxylic acids is 1. The molecule has 1 aliphatic heterocycles. The Morgan fingerprint density at radius 3 is 2.30 bits per heavy atom. The van der Waals surface area contributed by atoms with Crippen molar-refractivity contribution in [3.63, 3.8) is 0 Å². The molecule has 1 saturated heterocycles. The Balaban J connectivity index is 2.17. The molecular formula is C13H12FNO5. The number of nitrogens with zero attached hydrogens (tertiary/aromatic N) is 1. The Hall–Kier alpha value is -2.44. The fraction of sp³-hybridized carbons (Fsp3) is 0.308. The van der Waals surface area contributed by atoms with Gasteiger partial charge in [0.25, 0.3) is 0 Å². The van der Waals surface area contributed by atoms with E-state index in [9.17, 15) is 18.8 Å². The summed E-state index contributed by atoms with van der Waals surface area (Å²) in [4.78, 5) is 34.3. The SMILES string of the molecule is O=C(O)C1CC(Cc2ccc(F)cc2)C(=O)N1C(=O)O. The lowest BCUT2D eigenvalue weighted by Gasteiger charge is -2.15. The van der Waals surface area contributed by atoms with E-state index in [1.165, 1.54) is 24.3 Å². The van der Waals surface area contributed by atoms with Gasteiger partial charge in [0.2, 0.25) is 5.91 Å². The zero-order valence-electron chi connectivity index (χ0n) is 10.3. The highest BCUT2D eigenvalue weighted by atomic mass is 19.1. The number of benzene rings is 1. The highest BCUT2D eigenvalue weighted by molar-refractivity contribution is 5.99. The molecular weight excluding hydrogens is 269 g/mol. The third kappa shape index (κ3) is 2.61. The number of amides is 2. The minimum absolute atomic E-state index is 0.0716. The van der Waals surface area contributed by atoms with Gasteiger partial charge in [0.05, 0.1) is 0 Å². The topological polar surface area (TPSA) is 94.9 Å². The Morgan fingerprint density at radius 1 is 1.25 bits per heavy atom. The number of carbonyl (C=O) groups is 3. The summed E-state index contributed by atoms with van der Waals surface area (Å²) < 4.78 is 12.8. The van der Waals surface area contributed by atoms with Crippen LogP contribution in [0.4, 0.5) is 9.18 Å². The van der Waals surface area contributed by atoms with Gasteiger partial charge in [-0.25, -0.2) is 18.9 Å². The van der Waals surface area contributed by atoms with Crippen LogP contribution in [-0.4, -0.2) is 39.1 Å². The van der Waals surface area contributed by atoms with Crippen LogP contribution in [0.15, 0.2) is 24.3 Å². The molecule has 1 aliphatic rings. The van der Waals surface area contributed by atoms with Crippen molar-refractivity contribution in [3.05, 3.63) is 35.6 Å². The van der Waals surface area contributed by atoms with E-state index in [2.05, 4.69) is 0 Å². The molecule has 0 aromatic heterocycles. The summed E-state index contributed by atoms with van der Waals surface area (Å²) in [5, 5.41) is 17.9. The fourth-order valence-electron chi connectivity index (χ4n) is 2.34. The summed E-state index contributed by atoms with van der Waals surface area (Å²) in [6.07, 6.45) is -1.45. The monoisotopic (exact) mass is 281 g/mol. The molecule has 0 spiro atoms. The Bertz CT molecular complexity index is 556. The van der Waals surface area contributed by atoms with Crippen LogP contribution in [0.25, 0.3) is 0 Å². The summed E-state index contributed by atoms with van der Waals surface area (Å²) in [5.74, 6) is -3.21. The van der Waals surface area contributed by atoms with E-state index in [4.69, 9.17) is 10.2 Å². The van der Waals surface area contributed by atoms with E-state index in [0.717, 1.165) is 0 Å². The standard InChI is InChI=1S/C13H12FNO5/c14-9-3-1-7(2-4-9)5-8-6-10(12(17)18)15(11(8)16)13(19)20/h1-4,8,10H,5-6H2,(H,17,18)(H,19,20). The number of carboxylic acids is 1. The zero-order chi connectivity index (χ0) is 14.9. The van der Waals surface area contributed by atoms with E-state index in [-0.39, 0.29) is 12.8 Å². The van der Waals surface area contributed by atoms with E-state index < -0.39 is 35.7 Å². The highest BCUT2D eigenvalue weighted by Crippen LogP contribution is 2.28. The maximum absolute atomic E-state index is 12.8. The normalized spacial score (nSPS) is 22.1. The van der Waals surface area contributed by atoms with Crippen LogP contribution < -0.4 is 0 Å². The van der Waals surface area contributed by atoms with E-state index >= 15 is 0 Å². The molecule has 0 radical (unpaired) electrons. The van der Waals surface area contributed by atoms with Crippen LogP contribution in [0.3, 0.4) is 0 Å². The van der Waals surface area contributed by atoms with Crippen molar-refractivity contribution in [2.75, 3.05) is 0 Å². The number of halogens is 1. The summed E-state index contributed by atoms with van der Waals surface area (Å²) in [6, 6.07) is 4.09. The smallest absolute Gasteiger partial charge is 0.414 e. The number of likely N-dealkylation sites (tertiary alicyclic amines) is 1. The number of carboxylic acid groups (broad SMARTS) is 2. The minimum Gasteiger partial charge on any atom is -0.480 e. The minimum atomic E-state index is -1.57. The molecule has 2 rings (SSSR count). The lowest BCUT2D eigenvalue weighted by Crippen LogP contribution is -2.42. The molecule has 1 aromatic rings. The molecule has 0 bridgehead atoms. The molecule has 6 nitrogen and oxygen atoms in total. The van der Waals surface area contributed by atoms with Crippen LogP contribution in [0.1, 0.15) is 12.0 Å². The average Bonchev–Trinajstić information content (AvgIpc) is 2.70. The second-order valence-corrected chi connectivity index (χ2v) is 4.61. The van der Waals surface area contributed by atoms with Crippen molar-refractivity contribution in [2.24, 2.45) is 5.92 Å². The van der Waals surface area contributed by atoms with Crippen molar-refractivity contribution in [2.45, 2.75) is 18.9 Å². The second-order valence-electron chi connectivity index (χ2n) is 4.61. The highest BCUT2D eigenvalue weighted by Gasteiger charge is 2.46. The molecule has 2 amide bonds. The molecule has 1 heterocycles. The molecule has 2 atom stereocenters. The Morgan fingerprint density at radius 2 is 1.85 bits per heavy atom. The largest absolute Gasteiger partial charge is 0.480 e. The molecule has 1 fully saturated rings. The first-order valence-corrected chi connectivity index (χ1v) is 5.93. The summed E-state index contributed by atoms with van der Waals surface area (Å²) in [5.41, 5.74) is 0.654. The maximum Gasteiger partial charge on any atom is 0.414 e. The number of hydrogen-bond donors (Lipinski definition) is 2. The van der Waals surface area contributed by atoms with Gasteiger partial charge in [-0.1, -0.05) is 12.1 Å². The first-order valence-electron chi connectivity index (χ1n) is 5.93. The van der Waals surface area contributed by atoms with Crippen LogP contribution in [0.2, 0.25) is 0 Å². The van der Waals surface area contributed by atoms with Crippen molar-refractivity contribution in [1.82, 2.24) is 4.90 Å². The zero-order valence-corrected chi connectivity index (χ0v) is 10.3. The van der Waals surface area contributed by atoms with Crippen molar-refractivity contribution >= 4 is 18.0 Å². The molecule has 106 valence electrons. The second kappa shape index (κ2) is 5.28. The number of hydrogen-bond acceptors (Lipinski definition) is 3. The van der Waals surface area contributed by atoms with Gasteiger partial charge in [-0.05, 0) is 30.5 Å². The molecule has 7 heteroatoms. The predicted octanol–water partition coefficient (Wildman–Crippen LogP) is 1.35. The molecule has 0 aliphatic carbocycles. The number of carbonyl (C=O) groups excluding carboxylic acids is 1. The lowest BCUT2D eigenvalue weighted by atomic mass is 9.96. The van der Waals surface area contributed by atoms with E-state index in [1.54, 1.807) is 0 Å². The summed E-state index contributed by atoms with van der Waals surface area (Å²) >= 11 is 0. The van der Waals surface area contributed by atoms with E-state index in [0.29, 0.717) is 10.5 Å². The molecule has 2 N–H and O–H groups in total. The predicted molar refractivity (Wildman–Crippen MR) is 64.5 cm³/mol. The quantitative estimate of drug-likeness (QED) is 0.872. The fourth-order valence-corrected chi connectivity index (χ4v) is 2.34. The summed E-state index contributed by atoms with van der Waals surface area (Å²) in [7, 11) is 0. The van der Waals surface area contributed by atoms with Gasteiger partial charge in [-0.3, -0.25) is 4.79 Å². The first-order chi connectivity index (χ1) is 9.40. The van der Waals surface area contributed by atoms with Crippen LogP contribution in [0, 0.1) is 11.7 Å². The van der Waals surface area contributed by atoms with Gasteiger partial charge in [0.1, 0.15) is 11.9 Å². The third-order valence-corrected chi connectivity index (χ3v) is 3.29. The first kappa shape index (κ1) is 14.0. The molecule has 2 unspecified atom stereocenters. The molecule has 1 aromatic carbocycles. The van der Waals surface area contributed by atoms with Crippen LogP contribution in [0.5, 0.6) is 0 Å². The molecule has 0 saturated carbocycles. The van der Waals surface area contributed by atoms with Gasteiger partial charge in [0, 0.05) is 5.92 Å². The Kier molecular flexibility index (Phi) is 3.69. The van der Waals surface area contributed by atoms with E-state index in [1.807, 2.05) is 0 Å². The lowest BCUT2D eigenvalue weighted by molar-refractivity contribution is -0.145. The number of rotatable bonds is 3. The van der Waals surface area contributed by atoms with Gasteiger partial charge in [-0.2, -0.15) is 0 Å². The van der Waals surface area contributed by atoms with Crippen molar-refractivity contribution in [3.8, 4) is 0 Å². The van der Waals surface area contributed by atoms with Crippen molar-refractivity contribution < 1.29 is 29.0 Å². The van der Waals surface area contributed by atoms with Gasteiger partial charge >= 0.3 is 12.1 Å². The van der Waals surface area contributed by atoms with Gasteiger partial charge < -0.3 is 10.2 Å². The average molecular weight is 281 g/mol. The van der Waals surface area contributed by atoms with Crippen molar-refractivity contribution in [1.29, 1.82) is 0 Å². The maximum atomic E-state index is 12.8. The Labute approximate surface area is 113 Å². The summed E-state index contributed by atoms with van der Waals surface area (Å²) in [6.45, 7) is 0. The van der Waals surface area contributed by atoms with Crippen LogP contribution in [-0.2, 0) is 16.0 Å². The molecule has 20 heavy (non-hydrogen) atoms.